The zero-order chi connectivity index (χ0) is 44.8. The highest BCUT2D eigenvalue weighted by Gasteiger charge is 2.22. The van der Waals surface area contributed by atoms with Crippen LogP contribution in [0.15, 0.2) is 75.8 Å². The topological polar surface area (TPSA) is 217 Å². The highest BCUT2D eigenvalue weighted by atomic mass is 35.5. The molecule has 0 saturated carbocycles. The van der Waals surface area contributed by atoms with Gasteiger partial charge in [0, 0.05) is 33.3 Å². The Morgan fingerprint density at radius 3 is 1.59 bits per heavy atom. The summed E-state index contributed by atoms with van der Waals surface area (Å²) in [5, 5.41) is 18.8. The van der Waals surface area contributed by atoms with Crippen molar-refractivity contribution >= 4 is 23.2 Å². The first-order valence-corrected chi connectivity index (χ1v) is 19.3. The highest BCUT2D eigenvalue weighted by molar-refractivity contribution is 6.31. The van der Waals surface area contributed by atoms with Gasteiger partial charge in [0.25, 0.3) is 16.7 Å². The summed E-state index contributed by atoms with van der Waals surface area (Å²) in [5.41, 5.74) is 0.609. The predicted molar refractivity (Wildman–Crippen MR) is 228 cm³/mol. The molecule has 4 heterocycles. The molecule has 0 radical (unpaired) electrons. The van der Waals surface area contributed by atoms with E-state index in [9.17, 15) is 14.4 Å². The van der Waals surface area contributed by atoms with Crippen molar-refractivity contribution in [3.63, 3.8) is 0 Å². The minimum Gasteiger partial charge on any atom is -0.481 e. The van der Waals surface area contributed by atoms with E-state index in [1.54, 1.807) is 20.0 Å². The number of hydrogen-bond acceptors (Lipinski definition) is 13. The standard InChI is InChI=1S/C22H22ClN5O3.C21H20ClN5O3/c1-13-18(31-17-7-14(9-24)6-16(23)8-17)20(29)28(12-26-13)11-15-10-25-21(22(2,3)4)27-19(15)30-5;1-12-17(30-16-6-13(8-23)5-15(22)7-16)19(29)27(11-25-12)10-14-9-24-20(21(2,3)4)26-18(14)28/h6-8,10,12H,11H2,1-5H3;5-7,9,11H,10H2,1-4H3,(H,24,26,28). The summed E-state index contributed by atoms with van der Waals surface area (Å²) in [6, 6.07) is 13.0. The Hall–Kier alpha value is -6.88. The number of aromatic amines is 1. The molecule has 0 unspecified atom stereocenters. The first kappa shape index (κ1) is 45.2. The number of hydrogen-bond donors (Lipinski definition) is 1. The number of benzene rings is 2. The van der Waals surface area contributed by atoms with Crippen LogP contribution in [0.4, 0.5) is 0 Å². The van der Waals surface area contributed by atoms with Gasteiger partial charge < -0.3 is 19.2 Å². The Bertz CT molecular complexity index is 2880. The lowest BCUT2D eigenvalue weighted by Crippen LogP contribution is -2.28. The molecule has 61 heavy (non-hydrogen) atoms. The van der Waals surface area contributed by atoms with Crippen molar-refractivity contribution in [3.05, 3.63) is 148 Å². The van der Waals surface area contributed by atoms with Crippen LogP contribution in [0.1, 0.15) is 86.8 Å². The maximum absolute atomic E-state index is 13.1. The van der Waals surface area contributed by atoms with Crippen molar-refractivity contribution < 1.29 is 14.2 Å². The third kappa shape index (κ3) is 11.2. The van der Waals surface area contributed by atoms with Crippen LogP contribution < -0.4 is 30.9 Å². The van der Waals surface area contributed by atoms with Gasteiger partial charge in [-0.05, 0) is 50.2 Å². The van der Waals surface area contributed by atoms with Gasteiger partial charge >= 0.3 is 0 Å². The zero-order valence-electron chi connectivity index (χ0n) is 34.9. The predicted octanol–water partition coefficient (Wildman–Crippen LogP) is 7.31. The molecule has 314 valence electrons. The summed E-state index contributed by atoms with van der Waals surface area (Å²) in [7, 11) is 1.52. The molecule has 0 amide bonds. The highest BCUT2D eigenvalue weighted by Crippen LogP contribution is 2.28. The molecular weight excluding hydrogens is 823 g/mol. The normalized spacial score (nSPS) is 11.2. The number of aryl methyl sites for hydroxylation is 2. The quantitative estimate of drug-likeness (QED) is 0.151. The van der Waals surface area contributed by atoms with Gasteiger partial charge in [-0.2, -0.15) is 15.5 Å². The molecule has 1 N–H and O–H groups in total. The fraction of sp³-hybridized carbons (Fsp3) is 0.302. The fourth-order valence-electron chi connectivity index (χ4n) is 5.49. The van der Waals surface area contributed by atoms with Crippen LogP contribution in [0.2, 0.25) is 10.0 Å². The lowest BCUT2D eigenvalue weighted by Gasteiger charge is -2.18. The molecule has 6 aromatic rings. The zero-order valence-corrected chi connectivity index (χ0v) is 36.4. The van der Waals surface area contributed by atoms with Crippen molar-refractivity contribution in [1.82, 2.24) is 39.0 Å². The SMILES string of the molecule is COc1nc(C(C)(C)C)ncc1Cn1cnc(C)c(Oc2cc(Cl)cc(C#N)c2)c1=O.Cc1ncn(Cc2cnc(C(C)(C)C)[nH]c2=O)c(=O)c1Oc1cc(Cl)cc(C#N)c1. The number of halogens is 2. The average Bonchev–Trinajstić information content (AvgIpc) is 3.20. The van der Waals surface area contributed by atoms with Crippen LogP contribution in [0.25, 0.3) is 0 Å². The summed E-state index contributed by atoms with van der Waals surface area (Å²) >= 11 is 12.0. The number of nitrogens with one attached hydrogen (secondary N) is 1. The molecule has 18 heteroatoms. The number of aromatic nitrogens is 8. The summed E-state index contributed by atoms with van der Waals surface area (Å²) in [6.45, 7) is 15.3. The third-order valence-electron chi connectivity index (χ3n) is 8.74. The van der Waals surface area contributed by atoms with Crippen LogP contribution in [-0.2, 0) is 23.9 Å². The van der Waals surface area contributed by atoms with E-state index in [0.717, 1.165) is 0 Å². The molecular formula is C43H42Cl2N10O6. The molecule has 0 atom stereocenters. The van der Waals surface area contributed by atoms with E-state index in [-0.39, 0.29) is 52.5 Å². The molecule has 4 aromatic heterocycles. The van der Waals surface area contributed by atoms with Gasteiger partial charge in [-0.1, -0.05) is 64.7 Å². The first-order valence-electron chi connectivity index (χ1n) is 18.6. The van der Waals surface area contributed by atoms with E-state index < -0.39 is 11.1 Å². The Labute approximate surface area is 361 Å². The van der Waals surface area contributed by atoms with Crippen LogP contribution in [0, 0.1) is 36.5 Å². The van der Waals surface area contributed by atoms with Crippen LogP contribution in [-0.4, -0.2) is 46.1 Å². The van der Waals surface area contributed by atoms with Gasteiger partial charge in [-0.25, -0.2) is 19.9 Å². The molecule has 0 aliphatic heterocycles. The Balaban J connectivity index is 0.000000231. The van der Waals surface area contributed by atoms with Gasteiger partial charge in [-0.3, -0.25) is 23.5 Å². The van der Waals surface area contributed by atoms with Crippen LogP contribution in [0.5, 0.6) is 28.9 Å². The molecule has 0 saturated heterocycles. The Morgan fingerprint density at radius 2 is 1.16 bits per heavy atom. The molecule has 0 aliphatic rings. The van der Waals surface area contributed by atoms with Crippen molar-refractivity contribution in [3.8, 4) is 41.0 Å². The minimum absolute atomic E-state index is 0.0145. The Morgan fingerprint density at radius 1 is 0.689 bits per heavy atom. The summed E-state index contributed by atoms with van der Waals surface area (Å²) in [5.74, 6) is 2.14. The van der Waals surface area contributed by atoms with E-state index in [1.165, 1.54) is 71.5 Å². The van der Waals surface area contributed by atoms with Crippen molar-refractivity contribution in [2.45, 2.75) is 79.3 Å². The molecule has 2 aromatic carbocycles. The second-order valence-corrected chi connectivity index (χ2v) is 16.7. The van der Waals surface area contributed by atoms with E-state index in [1.807, 2.05) is 53.7 Å². The van der Waals surface area contributed by atoms with E-state index in [0.29, 0.717) is 61.2 Å². The van der Waals surface area contributed by atoms with Crippen molar-refractivity contribution in [2.24, 2.45) is 0 Å². The van der Waals surface area contributed by atoms with Crippen molar-refractivity contribution in [2.75, 3.05) is 7.11 Å². The Kier molecular flexibility index (Phi) is 13.8. The number of rotatable bonds is 9. The van der Waals surface area contributed by atoms with Gasteiger partial charge in [0.15, 0.2) is 0 Å². The first-order chi connectivity index (χ1) is 28.7. The maximum Gasteiger partial charge on any atom is 0.296 e. The van der Waals surface area contributed by atoms with Crippen LogP contribution in [0.3, 0.4) is 0 Å². The second-order valence-electron chi connectivity index (χ2n) is 15.8. The third-order valence-corrected chi connectivity index (χ3v) is 9.18. The number of nitrogens with zero attached hydrogens (tertiary/aromatic N) is 9. The molecule has 0 fully saturated rings. The fourth-order valence-corrected chi connectivity index (χ4v) is 5.94. The van der Waals surface area contributed by atoms with E-state index >= 15 is 0 Å². The van der Waals surface area contributed by atoms with Crippen LogP contribution >= 0.6 is 23.2 Å². The number of nitriles is 2. The van der Waals surface area contributed by atoms with Gasteiger partial charge in [0.1, 0.15) is 23.1 Å². The smallest absolute Gasteiger partial charge is 0.296 e. The number of methoxy groups -OCH3 is 1. The lowest BCUT2D eigenvalue weighted by molar-refractivity contribution is 0.381. The molecule has 16 nitrogen and oxygen atoms in total. The largest absolute Gasteiger partial charge is 0.481 e. The number of ether oxygens (including phenoxy) is 3. The lowest BCUT2D eigenvalue weighted by atomic mass is 9.95. The monoisotopic (exact) mass is 864 g/mol. The molecule has 0 spiro atoms. The molecule has 6 rings (SSSR count). The minimum atomic E-state index is -0.472. The number of H-pyrrole nitrogens is 1. The summed E-state index contributed by atoms with van der Waals surface area (Å²) < 4.78 is 19.5. The van der Waals surface area contributed by atoms with E-state index in [2.05, 4.69) is 29.9 Å². The second kappa shape index (κ2) is 18.6. The maximum atomic E-state index is 13.1. The van der Waals surface area contributed by atoms with Gasteiger partial charge in [0.05, 0.1) is 78.6 Å². The molecule has 0 aliphatic carbocycles. The molecule has 0 bridgehead atoms. The average molecular weight is 866 g/mol. The van der Waals surface area contributed by atoms with Gasteiger partial charge in [0.2, 0.25) is 17.4 Å². The van der Waals surface area contributed by atoms with Crippen molar-refractivity contribution in [1.29, 1.82) is 10.5 Å². The van der Waals surface area contributed by atoms with Gasteiger partial charge in [-0.15, -0.1) is 0 Å². The summed E-state index contributed by atoms with van der Waals surface area (Å²) in [4.78, 5) is 62.9. The summed E-state index contributed by atoms with van der Waals surface area (Å²) in [6.07, 6.45) is 5.89. The van der Waals surface area contributed by atoms with E-state index in [4.69, 9.17) is 47.9 Å².